The van der Waals surface area contributed by atoms with Crippen molar-refractivity contribution in [2.45, 2.75) is 39.7 Å². The van der Waals surface area contributed by atoms with Gasteiger partial charge in [-0.05, 0) is 79.1 Å². The van der Waals surface area contributed by atoms with Gasteiger partial charge in [-0.15, -0.1) is 0 Å². The highest BCUT2D eigenvalue weighted by molar-refractivity contribution is 6.01. The Labute approximate surface area is 221 Å². The number of nitrogens with two attached hydrogens (primary N) is 1. The van der Waals surface area contributed by atoms with Gasteiger partial charge in [0.25, 0.3) is 5.91 Å². The van der Waals surface area contributed by atoms with Crippen molar-refractivity contribution < 1.29 is 14.7 Å². The Morgan fingerprint density at radius 3 is 2.47 bits per heavy atom. The van der Waals surface area contributed by atoms with Gasteiger partial charge < -0.3 is 20.7 Å². The number of fused-ring (bicyclic) bond motifs is 1. The number of nitrogen functional groups attached to an aromatic ring is 1. The van der Waals surface area contributed by atoms with Crippen LogP contribution in [-0.2, 0) is 13.0 Å². The third-order valence-electron chi connectivity index (χ3n) is 7.31. The molecule has 1 aliphatic rings. The summed E-state index contributed by atoms with van der Waals surface area (Å²) in [7, 11) is 0. The van der Waals surface area contributed by atoms with Crippen LogP contribution in [0.3, 0.4) is 0 Å². The van der Waals surface area contributed by atoms with E-state index in [9.17, 15) is 14.7 Å². The van der Waals surface area contributed by atoms with Crippen molar-refractivity contribution >= 4 is 28.6 Å². The van der Waals surface area contributed by atoms with Crippen molar-refractivity contribution in [3.63, 3.8) is 0 Å². The van der Waals surface area contributed by atoms with E-state index in [0.29, 0.717) is 35.6 Å². The van der Waals surface area contributed by atoms with Crippen LogP contribution in [0.15, 0.2) is 60.8 Å². The van der Waals surface area contributed by atoms with E-state index < -0.39 is 5.97 Å². The molecule has 0 atom stereocenters. The minimum absolute atomic E-state index is 0.0238. The Balaban J connectivity index is 1.61. The van der Waals surface area contributed by atoms with Gasteiger partial charge in [0.05, 0.1) is 5.56 Å². The van der Waals surface area contributed by atoms with Crippen molar-refractivity contribution in [2.24, 2.45) is 11.7 Å². The molecule has 1 aromatic heterocycles. The molecule has 0 spiro atoms. The molecule has 1 aliphatic carbocycles. The Hall–Kier alpha value is -4.39. The molecule has 0 saturated heterocycles. The molecule has 7 nitrogen and oxygen atoms in total. The van der Waals surface area contributed by atoms with Crippen LogP contribution < -0.4 is 11.1 Å². The normalized spacial score (nSPS) is 13.0. The van der Waals surface area contributed by atoms with Crippen LogP contribution in [0.25, 0.3) is 22.0 Å². The third-order valence-corrected chi connectivity index (χ3v) is 7.31. The van der Waals surface area contributed by atoms with Gasteiger partial charge in [0.1, 0.15) is 5.84 Å². The topological polar surface area (TPSA) is 121 Å². The summed E-state index contributed by atoms with van der Waals surface area (Å²) < 4.78 is 2.13. The molecule has 1 amide bonds. The van der Waals surface area contributed by atoms with Gasteiger partial charge in [-0.25, -0.2) is 4.79 Å². The Morgan fingerprint density at radius 1 is 1.03 bits per heavy atom. The second kappa shape index (κ2) is 10.2. The molecule has 1 fully saturated rings. The Bertz CT molecular complexity index is 1580. The largest absolute Gasteiger partial charge is 0.478 e. The highest BCUT2D eigenvalue weighted by Crippen LogP contribution is 2.33. The maximum Gasteiger partial charge on any atom is 0.336 e. The van der Waals surface area contributed by atoms with Crippen molar-refractivity contribution in [3.8, 4) is 11.1 Å². The van der Waals surface area contributed by atoms with E-state index in [1.165, 1.54) is 0 Å². The number of aryl methyl sites for hydroxylation is 2. The van der Waals surface area contributed by atoms with E-state index in [1.54, 1.807) is 6.07 Å². The summed E-state index contributed by atoms with van der Waals surface area (Å²) in [4.78, 5) is 25.2. The fraction of sp³-hybridized carbons (Fsp3) is 0.258. The molecule has 5 N–H and O–H groups in total. The molecule has 1 heterocycles. The first kappa shape index (κ1) is 25.3. The van der Waals surface area contributed by atoms with Gasteiger partial charge in [-0.1, -0.05) is 35.9 Å². The lowest BCUT2D eigenvalue weighted by Crippen LogP contribution is -2.25. The predicted octanol–water partition coefficient (Wildman–Crippen LogP) is 5.35. The number of carbonyl (C=O) groups is 2. The molecule has 194 valence electrons. The number of amidine groups is 1. The minimum atomic E-state index is -1.00. The SMILES string of the molecule is CCn1cc(Cc2ccc(C(=O)NCC3CC3)cc2-c2ccc(C)cc2C(=O)O)c2ccc(C(=N)N)cc21. The standard InChI is InChI=1S/C31H32N4O3/c1-3-35-17-23(24-11-9-21(29(32)33)15-28(24)35)13-20-7-8-22(30(36)34-16-19-5-6-19)14-26(20)25-10-4-18(2)12-27(25)31(37)38/h4,7-12,14-15,17,19H,3,5-6,13,16H2,1-2H3,(H3,32,33)(H,34,36)(H,37,38). The number of carbonyl (C=O) groups excluding carboxylic acids is 1. The lowest BCUT2D eigenvalue weighted by Gasteiger charge is -2.15. The monoisotopic (exact) mass is 508 g/mol. The number of amides is 1. The van der Waals surface area contributed by atoms with Crippen LogP contribution >= 0.6 is 0 Å². The van der Waals surface area contributed by atoms with Crippen molar-refractivity contribution in [3.05, 3.63) is 94.2 Å². The van der Waals surface area contributed by atoms with Crippen LogP contribution in [0.5, 0.6) is 0 Å². The number of nitrogens with zero attached hydrogens (tertiary/aromatic N) is 1. The summed E-state index contributed by atoms with van der Waals surface area (Å²) in [6, 6.07) is 16.8. The van der Waals surface area contributed by atoms with E-state index in [2.05, 4.69) is 23.0 Å². The molecule has 0 aliphatic heterocycles. The Morgan fingerprint density at radius 2 is 1.79 bits per heavy atom. The molecule has 0 radical (unpaired) electrons. The van der Waals surface area contributed by atoms with Crippen LogP contribution in [0.4, 0.5) is 0 Å². The van der Waals surface area contributed by atoms with E-state index in [-0.39, 0.29) is 17.3 Å². The first-order valence-corrected chi connectivity index (χ1v) is 13.0. The number of nitrogens with one attached hydrogen (secondary N) is 2. The van der Waals surface area contributed by atoms with Gasteiger partial charge in [-0.2, -0.15) is 0 Å². The molecule has 4 aromatic rings. The van der Waals surface area contributed by atoms with Crippen molar-refractivity contribution in [2.75, 3.05) is 6.54 Å². The van der Waals surface area contributed by atoms with Crippen molar-refractivity contribution in [1.29, 1.82) is 5.41 Å². The lowest BCUT2D eigenvalue weighted by molar-refractivity contribution is 0.0697. The fourth-order valence-corrected chi connectivity index (χ4v) is 5.00. The number of carboxylic acid groups (broad SMARTS) is 1. The maximum atomic E-state index is 12.9. The summed E-state index contributed by atoms with van der Waals surface area (Å²) in [6.45, 7) is 5.36. The van der Waals surface area contributed by atoms with Gasteiger partial charge >= 0.3 is 5.97 Å². The average Bonchev–Trinajstić information content (AvgIpc) is 3.68. The highest BCUT2D eigenvalue weighted by Gasteiger charge is 2.23. The number of hydrogen-bond acceptors (Lipinski definition) is 3. The molecule has 3 aromatic carbocycles. The quantitative estimate of drug-likeness (QED) is 0.180. The van der Waals surface area contributed by atoms with Gasteiger partial charge in [0.2, 0.25) is 0 Å². The van der Waals surface area contributed by atoms with E-state index in [1.807, 2.05) is 55.5 Å². The van der Waals surface area contributed by atoms with Gasteiger partial charge in [-0.3, -0.25) is 10.2 Å². The summed E-state index contributed by atoms with van der Waals surface area (Å²) in [5, 5.41) is 21.9. The summed E-state index contributed by atoms with van der Waals surface area (Å²) in [5.41, 5.74) is 12.3. The Kier molecular flexibility index (Phi) is 6.76. The second-order valence-electron chi connectivity index (χ2n) is 10.1. The number of aromatic carboxylic acids is 1. The zero-order valence-corrected chi connectivity index (χ0v) is 21.7. The molecule has 5 rings (SSSR count). The summed E-state index contributed by atoms with van der Waals surface area (Å²) >= 11 is 0. The summed E-state index contributed by atoms with van der Waals surface area (Å²) in [5.74, 6) is -0.561. The van der Waals surface area contributed by atoms with Gasteiger partial charge in [0.15, 0.2) is 0 Å². The first-order valence-electron chi connectivity index (χ1n) is 13.0. The van der Waals surface area contributed by atoms with E-state index >= 15 is 0 Å². The van der Waals surface area contributed by atoms with E-state index in [0.717, 1.165) is 52.5 Å². The van der Waals surface area contributed by atoms with Crippen LogP contribution in [-0.4, -0.2) is 33.9 Å². The summed E-state index contributed by atoms with van der Waals surface area (Å²) in [6.07, 6.45) is 4.95. The molecular weight excluding hydrogens is 476 g/mol. The minimum Gasteiger partial charge on any atom is -0.478 e. The second-order valence-corrected chi connectivity index (χ2v) is 10.1. The number of carboxylic acids is 1. The van der Waals surface area contributed by atoms with Crippen molar-refractivity contribution in [1.82, 2.24) is 9.88 Å². The van der Waals surface area contributed by atoms with Crippen LogP contribution in [0.2, 0.25) is 0 Å². The smallest absolute Gasteiger partial charge is 0.336 e. The molecule has 0 unspecified atom stereocenters. The fourth-order valence-electron chi connectivity index (χ4n) is 5.00. The lowest BCUT2D eigenvalue weighted by atomic mass is 9.89. The van der Waals surface area contributed by atoms with Gasteiger partial charge in [0, 0.05) is 47.7 Å². The molecule has 38 heavy (non-hydrogen) atoms. The molecule has 7 heteroatoms. The number of benzene rings is 3. The first-order chi connectivity index (χ1) is 18.2. The van der Waals surface area contributed by atoms with Crippen LogP contribution in [0.1, 0.15) is 62.7 Å². The average molecular weight is 509 g/mol. The zero-order valence-electron chi connectivity index (χ0n) is 21.7. The predicted molar refractivity (Wildman–Crippen MR) is 150 cm³/mol. The number of rotatable bonds is 9. The molecule has 0 bridgehead atoms. The maximum absolute atomic E-state index is 12.9. The van der Waals surface area contributed by atoms with Crippen LogP contribution in [0, 0.1) is 18.3 Å². The zero-order chi connectivity index (χ0) is 27.0. The molecule has 1 saturated carbocycles. The number of hydrogen-bond donors (Lipinski definition) is 4. The van der Waals surface area contributed by atoms with E-state index in [4.69, 9.17) is 11.1 Å². The highest BCUT2D eigenvalue weighted by atomic mass is 16.4. The molecular formula is C31H32N4O3. The third kappa shape index (κ3) is 5.05. The number of aromatic nitrogens is 1.